The van der Waals surface area contributed by atoms with Crippen LogP contribution in [0.25, 0.3) is 0 Å². The minimum absolute atomic E-state index is 0.280. The van der Waals surface area contributed by atoms with Crippen molar-refractivity contribution in [3.05, 3.63) is 29.3 Å². The van der Waals surface area contributed by atoms with Crippen LogP contribution < -0.4 is 4.90 Å². The number of aromatic carboxylic acids is 1. The molecule has 1 saturated heterocycles. The summed E-state index contributed by atoms with van der Waals surface area (Å²) >= 11 is 1.97. The number of carboxylic acid groups (broad SMARTS) is 1. The first-order chi connectivity index (χ1) is 8.89. The van der Waals surface area contributed by atoms with Crippen LogP contribution in [0.4, 0.5) is 5.69 Å². The Balaban J connectivity index is 2.30. The number of thioether (sulfide) groups is 1. The summed E-state index contributed by atoms with van der Waals surface area (Å²) in [5.41, 5.74) is 2.39. The van der Waals surface area contributed by atoms with Gasteiger partial charge in [0.25, 0.3) is 0 Å². The molecule has 1 aromatic rings. The first-order valence-electron chi connectivity index (χ1n) is 6.62. The van der Waals surface area contributed by atoms with Crippen molar-refractivity contribution in [3.63, 3.8) is 0 Å². The number of carbonyl (C=O) groups is 1. The van der Waals surface area contributed by atoms with Crippen LogP contribution in [-0.4, -0.2) is 34.7 Å². The lowest BCUT2D eigenvalue weighted by atomic mass is 10.1. The molecular formula is C15H21NO2S. The van der Waals surface area contributed by atoms with Gasteiger partial charge in [-0.05, 0) is 31.0 Å². The quantitative estimate of drug-likeness (QED) is 0.900. The third-order valence-corrected chi connectivity index (χ3v) is 4.93. The molecule has 1 aliphatic rings. The van der Waals surface area contributed by atoms with E-state index < -0.39 is 5.97 Å². The van der Waals surface area contributed by atoms with Crippen molar-refractivity contribution in [3.8, 4) is 0 Å². The Morgan fingerprint density at radius 1 is 1.37 bits per heavy atom. The molecule has 4 heteroatoms. The molecule has 0 amide bonds. The van der Waals surface area contributed by atoms with Gasteiger partial charge < -0.3 is 10.0 Å². The minimum atomic E-state index is -0.842. The van der Waals surface area contributed by atoms with Crippen LogP contribution >= 0.6 is 11.8 Å². The first kappa shape index (κ1) is 14.3. The van der Waals surface area contributed by atoms with Crippen molar-refractivity contribution >= 4 is 23.4 Å². The fourth-order valence-electron chi connectivity index (χ4n) is 2.35. The van der Waals surface area contributed by atoms with Crippen LogP contribution in [0.15, 0.2) is 18.2 Å². The molecule has 1 aromatic carbocycles. The number of benzene rings is 1. The van der Waals surface area contributed by atoms with E-state index in [9.17, 15) is 9.90 Å². The maximum absolute atomic E-state index is 11.4. The smallest absolute Gasteiger partial charge is 0.337 e. The molecule has 0 aromatic heterocycles. The maximum atomic E-state index is 11.4. The fourth-order valence-corrected chi connectivity index (χ4v) is 3.45. The van der Waals surface area contributed by atoms with E-state index in [0.717, 1.165) is 36.5 Å². The van der Waals surface area contributed by atoms with E-state index in [1.165, 1.54) is 0 Å². The van der Waals surface area contributed by atoms with Gasteiger partial charge in [-0.1, -0.05) is 19.9 Å². The molecule has 1 aliphatic heterocycles. The average Bonchev–Trinajstić information content (AvgIpc) is 2.49. The van der Waals surface area contributed by atoms with Gasteiger partial charge in [-0.2, -0.15) is 11.8 Å². The molecule has 104 valence electrons. The molecule has 0 atom stereocenters. The SMILES string of the molecule is Cc1ccc(C(=O)O)c(N2CCSC(C)(C)CC2)c1. The Labute approximate surface area is 119 Å². The van der Waals surface area contributed by atoms with Gasteiger partial charge in [0.2, 0.25) is 0 Å². The molecule has 1 heterocycles. The van der Waals surface area contributed by atoms with Crippen LogP contribution in [0.2, 0.25) is 0 Å². The van der Waals surface area contributed by atoms with Gasteiger partial charge in [0.1, 0.15) is 0 Å². The Hall–Kier alpha value is -1.16. The number of aryl methyl sites for hydroxylation is 1. The van der Waals surface area contributed by atoms with Gasteiger partial charge >= 0.3 is 5.97 Å². The van der Waals surface area contributed by atoms with Crippen molar-refractivity contribution in [1.29, 1.82) is 0 Å². The molecule has 0 saturated carbocycles. The zero-order valence-corrected chi connectivity index (χ0v) is 12.6. The van der Waals surface area contributed by atoms with Crippen molar-refractivity contribution in [2.45, 2.75) is 31.9 Å². The van der Waals surface area contributed by atoms with Crippen LogP contribution in [0.3, 0.4) is 0 Å². The van der Waals surface area contributed by atoms with E-state index in [0.29, 0.717) is 5.56 Å². The number of hydrogen-bond acceptors (Lipinski definition) is 3. The third kappa shape index (κ3) is 3.44. The molecule has 1 fully saturated rings. The second-order valence-corrected chi connectivity index (χ2v) is 7.47. The number of nitrogens with zero attached hydrogens (tertiary/aromatic N) is 1. The molecule has 0 radical (unpaired) electrons. The van der Waals surface area contributed by atoms with Crippen LogP contribution in [0.1, 0.15) is 36.2 Å². The second kappa shape index (κ2) is 5.45. The molecule has 19 heavy (non-hydrogen) atoms. The van der Waals surface area contributed by atoms with Crippen LogP contribution in [0, 0.1) is 6.92 Å². The van der Waals surface area contributed by atoms with E-state index in [1.54, 1.807) is 6.07 Å². The van der Waals surface area contributed by atoms with Crippen LogP contribution in [-0.2, 0) is 0 Å². The lowest BCUT2D eigenvalue weighted by Gasteiger charge is -2.25. The summed E-state index contributed by atoms with van der Waals surface area (Å²) in [6.45, 7) is 8.36. The molecular weight excluding hydrogens is 258 g/mol. The molecule has 0 bridgehead atoms. The van der Waals surface area contributed by atoms with E-state index in [-0.39, 0.29) is 4.75 Å². The van der Waals surface area contributed by atoms with Gasteiger partial charge in [-0.15, -0.1) is 0 Å². The van der Waals surface area contributed by atoms with Gasteiger partial charge in [0.15, 0.2) is 0 Å². The maximum Gasteiger partial charge on any atom is 0.337 e. The topological polar surface area (TPSA) is 40.5 Å². The molecule has 1 N–H and O–H groups in total. The minimum Gasteiger partial charge on any atom is -0.478 e. The lowest BCUT2D eigenvalue weighted by Crippen LogP contribution is -2.28. The van der Waals surface area contributed by atoms with Crippen molar-refractivity contribution in [2.75, 3.05) is 23.7 Å². The van der Waals surface area contributed by atoms with Gasteiger partial charge in [-0.3, -0.25) is 0 Å². The van der Waals surface area contributed by atoms with E-state index in [4.69, 9.17) is 0 Å². The highest BCUT2D eigenvalue weighted by molar-refractivity contribution is 8.00. The van der Waals surface area contributed by atoms with E-state index >= 15 is 0 Å². The number of carboxylic acids is 1. The van der Waals surface area contributed by atoms with Gasteiger partial charge in [-0.25, -0.2) is 4.79 Å². The predicted octanol–water partition coefficient (Wildman–Crippen LogP) is 3.42. The number of anilines is 1. The first-order valence-corrected chi connectivity index (χ1v) is 7.60. The van der Waals surface area contributed by atoms with E-state index in [1.807, 2.05) is 30.8 Å². The Morgan fingerprint density at radius 2 is 2.11 bits per heavy atom. The van der Waals surface area contributed by atoms with Crippen molar-refractivity contribution in [1.82, 2.24) is 0 Å². The number of rotatable bonds is 2. The standard InChI is InChI=1S/C15H21NO2S/c1-11-4-5-12(14(17)18)13(10-11)16-7-6-15(2,3)19-9-8-16/h4-5,10H,6-9H2,1-3H3,(H,17,18). The fraction of sp³-hybridized carbons (Fsp3) is 0.533. The Morgan fingerprint density at radius 3 is 2.79 bits per heavy atom. The molecule has 0 unspecified atom stereocenters. The van der Waals surface area contributed by atoms with Crippen LogP contribution in [0.5, 0.6) is 0 Å². The summed E-state index contributed by atoms with van der Waals surface area (Å²) < 4.78 is 0.280. The third-order valence-electron chi connectivity index (χ3n) is 3.56. The highest BCUT2D eigenvalue weighted by Crippen LogP contribution is 2.33. The molecule has 2 rings (SSSR count). The monoisotopic (exact) mass is 279 g/mol. The number of hydrogen-bond donors (Lipinski definition) is 1. The normalized spacial score (nSPS) is 19.0. The largest absolute Gasteiger partial charge is 0.478 e. The summed E-state index contributed by atoms with van der Waals surface area (Å²) in [6, 6.07) is 5.58. The summed E-state index contributed by atoms with van der Waals surface area (Å²) in [6.07, 6.45) is 1.07. The zero-order valence-electron chi connectivity index (χ0n) is 11.8. The lowest BCUT2D eigenvalue weighted by molar-refractivity contribution is 0.0697. The van der Waals surface area contributed by atoms with Crippen molar-refractivity contribution < 1.29 is 9.90 Å². The highest BCUT2D eigenvalue weighted by atomic mass is 32.2. The summed E-state index contributed by atoms with van der Waals surface area (Å²) in [7, 11) is 0. The highest BCUT2D eigenvalue weighted by Gasteiger charge is 2.25. The van der Waals surface area contributed by atoms with E-state index in [2.05, 4.69) is 18.7 Å². The Kier molecular flexibility index (Phi) is 4.09. The average molecular weight is 279 g/mol. The molecule has 0 aliphatic carbocycles. The van der Waals surface area contributed by atoms with Crippen molar-refractivity contribution in [2.24, 2.45) is 0 Å². The van der Waals surface area contributed by atoms with Gasteiger partial charge in [0, 0.05) is 23.6 Å². The summed E-state index contributed by atoms with van der Waals surface area (Å²) in [5, 5.41) is 9.33. The molecule has 0 spiro atoms. The van der Waals surface area contributed by atoms with Gasteiger partial charge in [0.05, 0.1) is 11.3 Å². The summed E-state index contributed by atoms with van der Waals surface area (Å²) in [5.74, 6) is 0.200. The Bertz CT molecular complexity index is 485. The molecule has 3 nitrogen and oxygen atoms in total. The zero-order chi connectivity index (χ0) is 14.0. The second-order valence-electron chi connectivity index (χ2n) is 5.67. The predicted molar refractivity (Wildman–Crippen MR) is 81.5 cm³/mol. The summed E-state index contributed by atoms with van der Waals surface area (Å²) in [4.78, 5) is 13.6.